The van der Waals surface area contributed by atoms with Crippen LogP contribution in [-0.4, -0.2) is 57.5 Å². The van der Waals surface area contributed by atoms with Crippen LogP contribution in [-0.2, 0) is 0 Å². The zero-order chi connectivity index (χ0) is 16.8. The maximum absolute atomic E-state index is 12.8. The molecule has 8 nitrogen and oxygen atoms in total. The maximum Gasteiger partial charge on any atom is 0.291 e. The Morgan fingerprint density at radius 2 is 2.00 bits per heavy atom. The Bertz CT molecular complexity index is 764. The molecule has 8 heteroatoms. The van der Waals surface area contributed by atoms with Gasteiger partial charge in [-0.2, -0.15) is 4.98 Å². The van der Waals surface area contributed by atoms with Crippen molar-refractivity contribution in [3.8, 4) is 0 Å². The van der Waals surface area contributed by atoms with Crippen molar-refractivity contribution < 1.29 is 13.7 Å². The van der Waals surface area contributed by atoms with Crippen molar-refractivity contribution in [2.24, 2.45) is 0 Å². The van der Waals surface area contributed by atoms with E-state index in [0.717, 1.165) is 25.3 Å². The lowest BCUT2D eigenvalue weighted by molar-refractivity contribution is 0.0498. The van der Waals surface area contributed by atoms with Crippen LogP contribution >= 0.6 is 0 Å². The van der Waals surface area contributed by atoms with Gasteiger partial charge in [-0.1, -0.05) is 5.16 Å². The van der Waals surface area contributed by atoms with Crippen LogP contribution in [0, 0.1) is 13.8 Å². The molecule has 1 amide bonds. The van der Waals surface area contributed by atoms with Gasteiger partial charge in [0.05, 0.1) is 11.7 Å². The molecule has 2 aliphatic rings. The molecule has 0 aromatic carbocycles. The Hall–Kier alpha value is -2.22. The predicted octanol–water partition coefficient (Wildman–Crippen LogP) is 1.68. The highest BCUT2D eigenvalue weighted by atomic mass is 16.5. The number of hydrogen-bond acceptors (Lipinski definition) is 7. The number of amides is 1. The first-order valence-electron chi connectivity index (χ1n) is 8.30. The Labute approximate surface area is 139 Å². The first-order chi connectivity index (χ1) is 11.5. The van der Waals surface area contributed by atoms with Crippen LogP contribution < -0.4 is 0 Å². The number of carbonyl (C=O) groups is 1. The lowest BCUT2D eigenvalue weighted by atomic mass is 10.1. The molecule has 128 valence electrons. The molecule has 0 N–H and O–H groups in total. The van der Waals surface area contributed by atoms with Crippen LogP contribution in [0.4, 0.5) is 0 Å². The largest absolute Gasteiger partial charge is 0.436 e. The van der Waals surface area contributed by atoms with E-state index in [1.807, 2.05) is 7.05 Å². The summed E-state index contributed by atoms with van der Waals surface area (Å²) in [5.41, 5.74) is 0.628. The molecule has 4 rings (SSSR count). The van der Waals surface area contributed by atoms with E-state index in [9.17, 15) is 4.79 Å². The summed E-state index contributed by atoms with van der Waals surface area (Å²) in [5.74, 6) is 2.51. The van der Waals surface area contributed by atoms with Crippen LogP contribution in [0.5, 0.6) is 0 Å². The number of nitrogens with zero attached hydrogens (tertiary/aromatic N) is 5. The van der Waals surface area contributed by atoms with Crippen molar-refractivity contribution in [2.75, 3.05) is 26.7 Å². The summed E-state index contributed by atoms with van der Waals surface area (Å²) in [6, 6.07) is -0.0664. The number of piperazine rings is 1. The lowest BCUT2D eigenvalue weighted by Gasteiger charge is -2.37. The molecular formula is C16H21N5O3. The number of likely N-dealkylation sites (N-methyl/N-ethyl adjacent to an activating group) is 1. The van der Waals surface area contributed by atoms with Crippen LogP contribution in [0.3, 0.4) is 0 Å². The van der Waals surface area contributed by atoms with Gasteiger partial charge in [0, 0.05) is 32.5 Å². The van der Waals surface area contributed by atoms with Gasteiger partial charge in [0.15, 0.2) is 11.7 Å². The van der Waals surface area contributed by atoms with Crippen molar-refractivity contribution in [2.45, 2.75) is 38.6 Å². The van der Waals surface area contributed by atoms with E-state index in [4.69, 9.17) is 8.94 Å². The second-order valence-electron chi connectivity index (χ2n) is 6.66. The minimum absolute atomic E-state index is 0.0664. The van der Waals surface area contributed by atoms with E-state index < -0.39 is 0 Å². The molecule has 1 aliphatic carbocycles. The highest BCUT2D eigenvalue weighted by Crippen LogP contribution is 2.39. The topological polar surface area (TPSA) is 88.5 Å². The van der Waals surface area contributed by atoms with Crippen LogP contribution in [0.15, 0.2) is 8.94 Å². The van der Waals surface area contributed by atoms with Crippen molar-refractivity contribution in [1.29, 1.82) is 0 Å². The summed E-state index contributed by atoms with van der Waals surface area (Å²) in [7, 11) is 2.02. The summed E-state index contributed by atoms with van der Waals surface area (Å²) in [6.45, 7) is 5.43. The third-order valence-corrected chi connectivity index (χ3v) is 4.72. The number of carbonyl (C=O) groups excluding carboxylic acids is 1. The van der Waals surface area contributed by atoms with Crippen LogP contribution in [0.1, 0.15) is 58.7 Å². The number of aromatic nitrogens is 3. The average molecular weight is 331 g/mol. The van der Waals surface area contributed by atoms with Gasteiger partial charge in [-0.25, -0.2) is 4.98 Å². The molecule has 1 aliphatic heterocycles. The summed E-state index contributed by atoms with van der Waals surface area (Å²) in [5, 5.41) is 4.14. The Morgan fingerprint density at radius 3 is 2.67 bits per heavy atom. The van der Waals surface area contributed by atoms with Gasteiger partial charge < -0.3 is 13.8 Å². The molecule has 2 aromatic heterocycles. The standard InChI is InChI=1S/C16H21N5O3/c1-9-13(23-10(2)17-9)16(22)21-7-6-20(3)12(8-21)14-18-15(24-19-14)11-4-5-11/h11-12H,4-8H2,1-3H3. The highest BCUT2D eigenvalue weighted by molar-refractivity contribution is 5.92. The van der Waals surface area contributed by atoms with E-state index in [-0.39, 0.29) is 11.9 Å². The molecule has 0 radical (unpaired) electrons. The Morgan fingerprint density at radius 1 is 1.21 bits per heavy atom. The molecule has 1 saturated carbocycles. The van der Waals surface area contributed by atoms with E-state index in [1.165, 1.54) is 0 Å². The fourth-order valence-electron chi connectivity index (χ4n) is 3.09. The van der Waals surface area contributed by atoms with E-state index >= 15 is 0 Å². The molecule has 1 unspecified atom stereocenters. The smallest absolute Gasteiger partial charge is 0.291 e. The second kappa shape index (κ2) is 5.70. The molecule has 2 fully saturated rings. The van der Waals surface area contributed by atoms with Crippen LogP contribution in [0.2, 0.25) is 0 Å². The van der Waals surface area contributed by atoms with E-state index in [1.54, 1.807) is 18.7 Å². The Kier molecular flexibility index (Phi) is 3.64. The van der Waals surface area contributed by atoms with Crippen molar-refractivity contribution in [3.05, 3.63) is 29.1 Å². The molecule has 1 atom stereocenters. The minimum atomic E-state index is -0.128. The summed E-state index contributed by atoms with van der Waals surface area (Å²) in [6.07, 6.45) is 2.24. The summed E-state index contributed by atoms with van der Waals surface area (Å²) in [4.78, 5) is 25.4. The van der Waals surface area contributed by atoms with E-state index in [2.05, 4.69) is 20.0 Å². The number of hydrogen-bond donors (Lipinski definition) is 0. The van der Waals surface area contributed by atoms with Crippen molar-refractivity contribution in [1.82, 2.24) is 24.9 Å². The fraction of sp³-hybridized carbons (Fsp3) is 0.625. The Balaban J connectivity index is 1.53. The van der Waals surface area contributed by atoms with Gasteiger partial charge in [0.1, 0.15) is 0 Å². The monoisotopic (exact) mass is 331 g/mol. The van der Waals surface area contributed by atoms with Crippen molar-refractivity contribution in [3.63, 3.8) is 0 Å². The summed E-state index contributed by atoms with van der Waals surface area (Å²) >= 11 is 0. The van der Waals surface area contributed by atoms with Crippen LogP contribution in [0.25, 0.3) is 0 Å². The van der Waals surface area contributed by atoms with Gasteiger partial charge in [-0.05, 0) is 26.8 Å². The number of aryl methyl sites for hydroxylation is 2. The van der Waals surface area contributed by atoms with E-state index in [0.29, 0.717) is 42.2 Å². The molecule has 0 spiro atoms. The fourth-order valence-corrected chi connectivity index (χ4v) is 3.09. The maximum atomic E-state index is 12.8. The third kappa shape index (κ3) is 2.71. The first kappa shape index (κ1) is 15.3. The SMILES string of the molecule is Cc1nc(C)c(C(=O)N2CCN(C)C(c3noc(C4CC4)n3)C2)o1. The molecular weight excluding hydrogens is 310 g/mol. The normalized spacial score (nSPS) is 22.1. The zero-order valence-electron chi connectivity index (χ0n) is 14.2. The zero-order valence-corrected chi connectivity index (χ0v) is 14.2. The van der Waals surface area contributed by atoms with Gasteiger partial charge in [0.2, 0.25) is 11.7 Å². The quantitative estimate of drug-likeness (QED) is 0.845. The molecule has 24 heavy (non-hydrogen) atoms. The summed E-state index contributed by atoms with van der Waals surface area (Å²) < 4.78 is 10.8. The van der Waals surface area contributed by atoms with Gasteiger partial charge in [-0.15, -0.1) is 0 Å². The van der Waals surface area contributed by atoms with Gasteiger partial charge >= 0.3 is 0 Å². The second-order valence-corrected chi connectivity index (χ2v) is 6.66. The van der Waals surface area contributed by atoms with Gasteiger partial charge in [-0.3, -0.25) is 9.69 Å². The molecule has 0 bridgehead atoms. The molecule has 3 heterocycles. The number of oxazole rings is 1. The average Bonchev–Trinajstić information content (AvgIpc) is 3.19. The molecule has 2 aromatic rings. The van der Waals surface area contributed by atoms with Crippen molar-refractivity contribution >= 4 is 5.91 Å². The first-order valence-corrected chi connectivity index (χ1v) is 8.30. The minimum Gasteiger partial charge on any atom is -0.436 e. The predicted molar refractivity (Wildman–Crippen MR) is 83.5 cm³/mol. The lowest BCUT2D eigenvalue weighted by Crippen LogP contribution is -2.49. The van der Waals surface area contributed by atoms with Gasteiger partial charge in [0.25, 0.3) is 5.91 Å². The number of rotatable bonds is 3. The molecule has 1 saturated heterocycles. The third-order valence-electron chi connectivity index (χ3n) is 4.72. The highest BCUT2D eigenvalue weighted by Gasteiger charge is 2.36.